The fraction of sp³-hybridized carbons (Fsp3) is 0.150. The molecule has 0 saturated heterocycles. The molecule has 0 spiro atoms. The second-order valence-corrected chi connectivity index (χ2v) is 6.58. The standard InChI is InChI=1S/C20H16ClN3O4/c1-13-22-24(15-8-6-14(21)7-9-15)20(26)23(13)10-11-27-18-12-19(25)28-17-5-3-2-4-16(17)18/h2-9,12H,10-11H2,1H3. The van der Waals surface area contributed by atoms with Gasteiger partial charge in [-0.1, -0.05) is 23.7 Å². The van der Waals surface area contributed by atoms with Crippen LogP contribution < -0.4 is 16.1 Å². The first-order chi connectivity index (χ1) is 13.5. The molecule has 8 heteroatoms. The Morgan fingerprint density at radius 1 is 1.11 bits per heavy atom. The summed E-state index contributed by atoms with van der Waals surface area (Å²) in [5.74, 6) is 0.976. The van der Waals surface area contributed by atoms with E-state index in [-0.39, 0.29) is 18.8 Å². The van der Waals surface area contributed by atoms with E-state index in [0.717, 1.165) is 0 Å². The van der Waals surface area contributed by atoms with Gasteiger partial charge in [0.1, 0.15) is 23.8 Å². The zero-order valence-corrected chi connectivity index (χ0v) is 15.7. The predicted octanol–water partition coefficient (Wildman–Crippen LogP) is 3.18. The summed E-state index contributed by atoms with van der Waals surface area (Å²) in [7, 11) is 0. The summed E-state index contributed by atoms with van der Waals surface area (Å²) in [6, 6.07) is 15.3. The van der Waals surface area contributed by atoms with Crippen LogP contribution in [0, 0.1) is 6.92 Å². The summed E-state index contributed by atoms with van der Waals surface area (Å²) in [6.45, 7) is 2.23. The van der Waals surface area contributed by atoms with Crippen LogP contribution in [0.15, 0.2) is 68.6 Å². The van der Waals surface area contributed by atoms with Gasteiger partial charge in [-0.25, -0.2) is 9.59 Å². The largest absolute Gasteiger partial charge is 0.491 e. The smallest absolute Gasteiger partial charge is 0.350 e. The SMILES string of the molecule is Cc1nn(-c2ccc(Cl)cc2)c(=O)n1CCOc1cc(=O)oc2ccccc12. The molecule has 4 aromatic rings. The summed E-state index contributed by atoms with van der Waals surface area (Å²) < 4.78 is 13.8. The minimum absolute atomic E-state index is 0.195. The van der Waals surface area contributed by atoms with Crippen LogP contribution >= 0.6 is 11.6 Å². The lowest BCUT2D eigenvalue weighted by Crippen LogP contribution is -2.26. The average molecular weight is 398 g/mol. The number of aromatic nitrogens is 3. The van der Waals surface area contributed by atoms with Gasteiger partial charge >= 0.3 is 11.3 Å². The van der Waals surface area contributed by atoms with Crippen LogP contribution in [0.4, 0.5) is 0 Å². The van der Waals surface area contributed by atoms with Crippen LogP contribution in [0.25, 0.3) is 16.7 Å². The number of hydrogen-bond donors (Lipinski definition) is 0. The number of ether oxygens (including phenoxy) is 1. The molecule has 2 heterocycles. The predicted molar refractivity (Wildman–Crippen MR) is 106 cm³/mol. The van der Waals surface area contributed by atoms with Crippen molar-refractivity contribution in [2.24, 2.45) is 0 Å². The van der Waals surface area contributed by atoms with Gasteiger partial charge in [-0.15, -0.1) is 0 Å². The first-order valence-corrected chi connectivity index (χ1v) is 8.99. The van der Waals surface area contributed by atoms with E-state index in [0.29, 0.717) is 33.3 Å². The van der Waals surface area contributed by atoms with E-state index in [4.69, 9.17) is 20.8 Å². The van der Waals surface area contributed by atoms with Crippen LogP contribution in [0.2, 0.25) is 5.02 Å². The van der Waals surface area contributed by atoms with Crippen molar-refractivity contribution < 1.29 is 9.15 Å². The minimum Gasteiger partial charge on any atom is -0.491 e. The minimum atomic E-state index is -0.488. The van der Waals surface area contributed by atoms with Crippen LogP contribution in [-0.2, 0) is 6.54 Å². The molecule has 0 saturated carbocycles. The van der Waals surface area contributed by atoms with Crippen molar-refractivity contribution >= 4 is 22.6 Å². The third kappa shape index (κ3) is 3.44. The molecular weight excluding hydrogens is 382 g/mol. The van der Waals surface area contributed by atoms with Gasteiger partial charge in [-0.05, 0) is 43.3 Å². The summed E-state index contributed by atoms with van der Waals surface area (Å²) in [5.41, 5.74) is 0.316. The van der Waals surface area contributed by atoms with Gasteiger partial charge in [0.05, 0.1) is 23.7 Å². The number of aryl methyl sites for hydroxylation is 1. The van der Waals surface area contributed by atoms with Crippen molar-refractivity contribution in [1.29, 1.82) is 0 Å². The maximum absolute atomic E-state index is 12.7. The van der Waals surface area contributed by atoms with E-state index in [1.165, 1.54) is 15.3 Å². The summed E-state index contributed by atoms with van der Waals surface area (Å²) in [4.78, 5) is 24.4. The first kappa shape index (κ1) is 18.1. The van der Waals surface area contributed by atoms with Gasteiger partial charge in [0.2, 0.25) is 0 Å². The molecule has 28 heavy (non-hydrogen) atoms. The summed E-state index contributed by atoms with van der Waals surface area (Å²) in [6.07, 6.45) is 0. The number of rotatable bonds is 5. The van der Waals surface area contributed by atoms with E-state index < -0.39 is 5.63 Å². The Labute approximate surface area is 164 Å². The van der Waals surface area contributed by atoms with E-state index in [1.54, 1.807) is 43.3 Å². The van der Waals surface area contributed by atoms with Crippen molar-refractivity contribution in [2.75, 3.05) is 6.61 Å². The average Bonchev–Trinajstić information content (AvgIpc) is 2.96. The maximum atomic E-state index is 12.7. The Balaban J connectivity index is 1.56. The Morgan fingerprint density at radius 2 is 1.86 bits per heavy atom. The van der Waals surface area contributed by atoms with E-state index in [2.05, 4.69) is 5.10 Å². The highest BCUT2D eigenvalue weighted by molar-refractivity contribution is 6.30. The molecule has 0 bridgehead atoms. The first-order valence-electron chi connectivity index (χ1n) is 8.61. The van der Waals surface area contributed by atoms with Crippen LogP contribution in [0.5, 0.6) is 5.75 Å². The molecule has 0 N–H and O–H groups in total. The van der Waals surface area contributed by atoms with Crippen LogP contribution in [-0.4, -0.2) is 21.0 Å². The highest BCUT2D eigenvalue weighted by Gasteiger charge is 2.12. The zero-order chi connectivity index (χ0) is 19.7. The van der Waals surface area contributed by atoms with Gasteiger partial charge in [-0.3, -0.25) is 4.57 Å². The summed E-state index contributed by atoms with van der Waals surface area (Å²) in [5, 5.41) is 5.58. The Morgan fingerprint density at radius 3 is 2.64 bits per heavy atom. The monoisotopic (exact) mass is 397 g/mol. The van der Waals surface area contributed by atoms with Crippen molar-refractivity contribution in [2.45, 2.75) is 13.5 Å². The Bertz CT molecular complexity index is 1260. The van der Waals surface area contributed by atoms with Crippen LogP contribution in [0.1, 0.15) is 5.82 Å². The molecule has 0 unspecified atom stereocenters. The summed E-state index contributed by atoms with van der Waals surface area (Å²) >= 11 is 5.90. The lowest BCUT2D eigenvalue weighted by molar-refractivity contribution is 0.296. The van der Waals surface area contributed by atoms with Crippen LogP contribution in [0.3, 0.4) is 0 Å². The highest BCUT2D eigenvalue weighted by Crippen LogP contribution is 2.23. The lowest BCUT2D eigenvalue weighted by Gasteiger charge is -2.08. The normalized spacial score (nSPS) is 11.1. The number of halogens is 1. The molecule has 4 rings (SSSR count). The molecule has 0 fully saturated rings. The Kier molecular flexibility index (Phi) is 4.75. The third-order valence-corrected chi connectivity index (χ3v) is 4.56. The van der Waals surface area contributed by atoms with Crippen molar-refractivity contribution in [3.05, 3.63) is 86.3 Å². The van der Waals surface area contributed by atoms with E-state index in [9.17, 15) is 9.59 Å². The Hall–Kier alpha value is -3.32. The molecular formula is C20H16ClN3O4. The molecule has 2 aromatic heterocycles. The van der Waals surface area contributed by atoms with E-state index in [1.807, 2.05) is 12.1 Å². The topological polar surface area (TPSA) is 79.3 Å². The maximum Gasteiger partial charge on any atom is 0.350 e. The van der Waals surface area contributed by atoms with Gasteiger partial charge in [-0.2, -0.15) is 9.78 Å². The second kappa shape index (κ2) is 7.36. The molecule has 2 aromatic carbocycles. The molecule has 7 nitrogen and oxygen atoms in total. The number of benzene rings is 2. The number of fused-ring (bicyclic) bond motifs is 1. The van der Waals surface area contributed by atoms with Gasteiger partial charge in [0.15, 0.2) is 0 Å². The fourth-order valence-corrected chi connectivity index (χ4v) is 3.08. The molecule has 0 radical (unpaired) electrons. The number of hydrogen-bond acceptors (Lipinski definition) is 5. The molecule has 0 aliphatic heterocycles. The second-order valence-electron chi connectivity index (χ2n) is 6.14. The van der Waals surface area contributed by atoms with Gasteiger partial charge < -0.3 is 9.15 Å². The molecule has 0 amide bonds. The number of nitrogens with zero attached hydrogens (tertiary/aromatic N) is 3. The quantitative estimate of drug-likeness (QED) is 0.483. The van der Waals surface area contributed by atoms with Crippen molar-refractivity contribution in [3.8, 4) is 11.4 Å². The molecule has 142 valence electrons. The van der Waals surface area contributed by atoms with Gasteiger partial charge in [0, 0.05) is 5.02 Å². The number of para-hydroxylation sites is 1. The zero-order valence-electron chi connectivity index (χ0n) is 15.0. The molecule has 0 atom stereocenters. The lowest BCUT2D eigenvalue weighted by atomic mass is 10.2. The molecule has 0 aliphatic rings. The molecule has 0 aliphatic carbocycles. The van der Waals surface area contributed by atoms with E-state index >= 15 is 0 Å². The van der Waals surface area contributed by atoms with Gasteiger partial charge in [0.25, 0.3) is 0 Å². The fourth-order valence-electron chi connectivity index (χ4n) is 2.95. The highest BCUT2D eigenvalue weighted by atomic mass is 35.5. The third-order valence-electron chi connectivity index (χ3n) is 4.30. The van der Waals surface area contributed by atoms with Crippen molar-refractivity contribution in [1.82, 2.24) is 14.3 Å². The van der Waals surface area contributed by atoms with Crippen molar-refractivity contribution in [3.63, 3.8) is 0 Å².